The summed E-state index contributed by atoms with van der Waals surface area (Å²) in [6.45, 7) is 0. The normalized spacial score (nSPS) is 13.3. The molecule has 0 bridgehead atoms. The van der Waals surface area contributed by atoms with Crippen molar-refractivity contribution >= 4 is 21.8 Å². The van der Waals surface area contributed by atoms with E-state index in [-0.39, 0.29) is 5.56 Å². The molecular formula is C26H34O7S. The van der Waals surface area contributed by atoms with Crippen LogP contribution in [0.15, 0.2) is 54.6 Å². The summed E-state index contributed by atoms with van der Waals surface area (Å²) >= 11 is 0. The summed E-state index contributed by atoms with van der Waals surface area (Å²) in [6.07, 6.45) is 4.99. The van der Waals surface area contributed by atoms with Crippen molar-refractivity contribution in [1.29, 1.82) is 0 Å². The first kappa shape index (κ1) is 27.5. The average molecular weight is 491 g/mol. The van der Waals surface area contributed by atoms with Crippen molar-refractivity contribution in [2.45, 2.75) is 69.1 Å². The predicted molar refractivity (Wildman–Crippen MR) is 130 cm³/mol. The van der Waals surface area contributed by atoms with Crippen molar-refractivity contribution in [2.24, 2.45) is 0 Å². The molecule has 0 saturated heterocycles. The summed E-state index contributed by atoms with van der Waals surface area (Å²) in [4.78, 5) is 22.3. The van der Waals surface area contributed by atoms with Crippen molar-refractivity contribution in [3.63, 3.8) is 0 Å². The SMILES string of the molecule is O=C(O)CCS(=O)(=O)[C@H](c1ccccc1CCCCCCCCc1ccccc1)[C@@H](O)C(=O)O. The maximum Gasteiger partial charge on any atom is 0.334 e. The van der Waals surface area contributed by atoms with Crippen LogP contribution in [0.4, 0.5) is 0 Å². The quantitative estimate of drug-likeness (QED) is 0.301. The highest BCUT2D eigenvalue weighted by Gasteiger charge is 2.39. The number of aliphatic hydroxyl groups excluding tert-OH is 1. The molecule has 186 valence electrons. The molecule has 2 aromatic rings. The Kier molecular flexibility index (Phi) is 11.2. The van der Waals surface area contributed by atoms with Gasteiger partial charge in [0.1, 0.15) is 5.25 Å². The number of aryl methyl sites for hydroxylation is 2. The van der Waals surface area contributed by atoms with E-state index in [9.17, 15) is 28.2 Å². The Morgan fingerprint density at radius 1 is 0.765 bits per heavy atom. The summed E-state index contributed by atoms with van der Waals surface area (Å²) in [7, 11) is -4.22. The zero-order valence-electron chi connectivity index (χ0n) is 19.3. The molecule has 0 saturated carbocycles. The maximum absolute atomic E-state index is 12.8. The van der Waals surface area contributed by atoms with Gasteiger partial charge in [-0.2, -0.15) is 0 Å². The van der Waals surface area contributed by atoms with Crippen molar-refractivity contribution in [3.8, 4) is 0 Å². The number of benzene rings is 2. The van der Waals surface area contributed by atoms with E-state index in [4.69, 9.17) is 5.11 Å². The fraction of sp³-hybridized carbons (Fsp3) is 0.462. The van der Waals surface area contributed by atoms with E-state index < -0.39 is 45.3 Å². The minimum Gasteiger partial charge on any atom is -0.481 e. The lowest BCUT2D eigenvalue weighted by Crippen LogP contribution is -2.35. The van der Waals surface area contributed by atoms with Crippen molar-refractivity contribution in [2.75, 3.05) is 5.75 Å². The van der Waals surface area contributed by atoms with Gasteiger partial charge in [-0.25, -0.2) is 13.2 Å². The Morgan fingerprint density at radius 3 is 1.94 bits per heavy atom. The van der Waals surface area contributed by atoms with Gasteiger partial charge in [0.25, 0.3) is 0 Å². The van der Waals surface area contributed by atoms with Crippen LogP contribution in [-0.4, -0.2) is 47.5 Å². The molecule has 0 spiro atoms. The van der Waals surface area contributed by atoms with Crippen LogP contribution in [0.3, 0.4) is 0 Å². The molecule has 34 heavy (non-hydrogen) atoms. The molecule has 3 N–H and O–H groups in total. The third kappa shape index (κ3) is 8.91. The second-order valence-electron chi connectivity index (χ2n) is 8.52. The molecule has 0 radical (unpaired) electrons. The topological polar surface area (TPSA) is 129 Å². The molecule has 0 aromatic heterocycles. The number of aliphatic hydroxyl groups is 1. The molecule has 0 aliphatic carbocycles. The molecule has 0 aliphatic rings. The Morgan fingerprint density at radius 2 is 1.32 bits per heavy atom. The van der Waals surface area contributed by atoms with Crippen LogP contribution in [0, 0.1) is 0 Å². The fourth-order valence-electron chi connectivity index (χ4n) is 4.08. The second-order valence-corrected chi connectivity index (χ2v) is 10.8. The van der Waals surface area contributed by atoms with E-state index in [1.165, 1.54) is 11.6 Å². The Labute approximate surface area is 201 Å². The van der Waals surface area contributed by atoms with Gasteiger partial charge in [-0.05, 0) is 42.4 Å². The first-order chi connectivity index (χ1) is 16.2. The highest BCUT2D eigenvalue weighted by molar-refractivity contribution is 7.91. The first-order valence-corrected chi connectivity index (χ1v) is 13.4. The molecule has 7 nitrogen and oxygen atoms in total. The van der Waals surface area contributed by atoms with E-state index in [1.807, 2.05) is 18.2 Å². The third-order valence-corrected chi connectivity index (χ3v) is 7.95. The third-order valence-electron chi connectivity index (χ3n) is 5.89. The van der Waals surface area contributed by atoms with Crippen LogP contribution in [-0.2, 0) is 32.3 Å². The molecule has 0 unspecified atom stereocenters. The molecular weight excluding hydrogens is 456 g/mol. The zero-order valence-corrected chi connectivity index (χ0v) is 20.1. The molecule has 0 heterocycles. The number of unbranched alkanes of at least 4 members (excludes halogenated alkanes) is 5. The Hall–Kier alpha value is -2.71. The van der Waals surface area contributed by atoms with E-state index >= 15 is 0 Å². The van der Waals surface area contributed by atoms with E-state index in [2.05, 4.69) is 12.1 Å². The van der Waals surface area contributed by atoms with Gasteiger partial charge in [-0.15, -0.1) is 0 Å². The molecule has 0 aliphatic heterocycles. The van der Waals surface area contributed by atoms with Crippen molar-refractivity contribution in [1.82, 2.24) is 0 Å². The summed E-state index contributed by atoms with van der Waals surface area (Å²) in [6, 6.07) is 17.0. The number of aliphatic carboxylic acids is 2. The molecule has 0 fully saturated rings. The standard InChI is InChI=1S/C26H34O7S/c27-23(28)18-19-34(32,33)25(24(29)26(30)31)22-17-11-10-16-21(22)15-9-4-2-1-3-6-12-20-13-7-5-8-14-20/h5,7-8,10-11,13-14,16-17,24-25,29H,1-4,6,9,12,15,18-19H2,(H,27,28)(H,30,31)/t24-,25-/m1/s1. The highest BCUT2D eigenvalue weighted by Crippen LogP contribution is 2.31. The lowest BCUT2D eigenvalue weighted by atomic mass is 9.96. The van der Waals surface area contributed by atoms with Gasteiger partial charge in [0, 0.05) is 0 Å². The smallest absolute Gasteiger partial charge is 0.334 e. The monoisotopic (exact) mass is 490 g/mol. The molecule has 2 atom stereocenters. The molecule has 2 aromatic carbocycles. The van der Waals surface area contributed by atoms with Gasteiger partial charge in [0.2, 0.25) is 0 Å². The van der Waals surface area contributed by atoms with E-state index in [1.54, 1.807) is 18.2 Å². The van der Waals surface area contributed by atoms with E-state index in [0.29, 0.717) is 12.0 Å². The lowest BCUT2D eigenvalue weighted by Gasteiger charge is -2.23. The van der Waals surface area contributed by atoms with Gasteiger partial charge in [0.15, 0.2) is 15.9 Å². The van der Waals surface area contributed by atoms with Crippen molar-refractivity contribution in [3.05, 3.63) is 71.3 Å². The van der Waals surface area contributed by atoms with Gasteiger partial charge >= 0.3 is 11.9 Å². The van der Waals surface area contributed by atoms with Crippen LogP contribution >= 0.6 is 0 Å². The van der Waals surface area contributed by atoms with Gasteiger partial charge in [-0.3, -0.25) is 4.79 Å². The molecule has 2 rings (SSSR count). The summed E-state index contributed by atoms with van der Waals surface area (Å²) < 4.78 is 25.7. The number of rotatable bonds is 16. The number of sulfone groups is 1. The second kappa shape index (κ2) is 13.9. The average Bonchev–Trinajstić information content (AvgIpc) is 2.81. The fourth-order valence-corrected chi connectivity index (χ4v) is 5.92. The number of carboxylic acid groups (broad SMARTS) is 2. The minimum atomic E-state index is -4.22. The lowest BCUT2D eigenvalue weighted by molar-refractivity contribution is -0.146. The number of hydrogen-bond donors (Lipinski definition) is 3. The van der Waals surface area contributed by atoms with Crippen LogP contribution < -0.4 is 0 Å². The maximum atomic E-state index is 12.8. The van der Waals surface area contributed by atoms with Gasteiger partial charge in [0.05, 0.1) is 12.2 Å². The zero-order chi connectivity index (χ0) is 25.0. The van der Waals surface area contributed by atoms with Gasteiger partial charge < -0.3 is 15.3 Å². The Balaban J connectivity index is 1.94. The number of hydrogen-bond acceptors (Lipinski definition) is 5. The van der Waals surface area contributed by atoms with Gasteiger partial charge in [-0.1, -0.05) is 80.3 Å². The van der Waals surface area contributed by atoms with Crippen LogP contribution in [0.2, 0.25) is 0 Å². The number of carbonyl (C=O) groups is 2. The first-order valence-electron chi connectivity index (χ1n) is 11.7. The summed E-state index contributed by atoms with van der Waals surface area (Å²) in [5, 5.41) is 26.7. The minimum absolute atomic E-state index is 0.227. The summed E-state index contributed by atoms with van der Waals surface area (Å²) in [5.41, 5.74) is 2.23. The molecule has 8 heteroatoms. The van der Waals surface area contributed by atoms with Crippen LogP contribution in [0.25, 0.3) is 0 Å². The number of carboxylic acids is 2. The van der Waals surface area contributed by atoms with Crippen molar-refractivity contribution < 1.29 is 33.3 Å². The molecule has 0 amide bonds. The van der Waals surface area contributed by atoms with Crippen LogP contribution in [0.1, 0.15) is 66.9 Å². The highest BCUT2D eigenvalue weighted by atomic mass is 32.2. The summed E-state index contributed by atoms with van der Waals surface area (Å²) in [5.74, 6) is -3.70. The Bertz CT molecular complexity index is 1020. The van der Waals surface area contributed by atoms with Crippen LogP contribution in [0.5, 0.6) is 0 Å². The predicted octanol–water partition coefficient (Wildman–Crippen LogP) is 4.19. The largest absolute Gasteiger partial charge is 0.481 e. The van der Waals surface area contributed by atoms with E-state index in [0.717, 1.165) is 44.9 Å².